The lowest BCUT2D eigenvalue weighted by molar-refractivity contribution is 0.0689. The Morgan fingerprint density at radius 2 is 1.95 bits per heavy atom. The van der Waals surface area contributed by atoms with E-state index in [1.807, 2.05) is 0 Å². The van der Waals surface area contributed by atoms with Gasteiger partial charge < -0.3 is 14.4 Å². The van der Waals surface area contributed by atoms with Crippen molar-refractivity contribution in [3.8, 4) is 5.75 Å². The molecule has 5 nitrogen and oxygen atoms in total. The average molecular weight is 291 g/mol. The zero-order valence-corrected chi connectivity index (χ0v) is 11.4. The highest BCUT2D eigenvalue weighted by Gasteiger charge is 2.18. The molecule has 0 saturated carbocycles. The van der Waals surface area contributed by atoms with Crippen LogP contribution in [0.2, 0.25) is 0 Å². The molecule has 0 unspecified atom stereocenters. The van der Waals surface area contributed by atoms with Crippen LogP contribution in [0.3, 0.4) is 0 Å². The Hall–Kier alpha value is -2.63. The minimum absolute atomic E-state index is 0.0466. The van der Waals surface area contributed by atoms with Gasteiger partial charge in [0.05, 0.1) is 13.2 Å². The molecule has 0 amide bonds. The standard InChI is InChI=1S/C15H14FNO4/c1-2-21-12-7-8-17(14(18)13(12)15(19)20)9-10-3-5-11(16)6-4-10/h3-8H,2,9H2,1H3,(H,19,20). The maximum atomic E-state index is 12.8. The molecule has 0 aliphatic heterocycles. The second-order valence-corrected chi connectivity index (χ2v) is 4.35. The van der Waals surface area contributed by atoms with Gasteiger partial charge in [-0.25, -0.2) is 9.18 Å². The predicted molar refractivity (Wildman–Crippen MR) is 74.3 cm³/mol. The number of benzene rings is 1. The lowest BCUT2D eigenvalue weighted by Crippen LogP contribution is -2.27. The van der Waals surface area contributed by atoms with Crippen LogP contribution in [0.1, 0.15) is 22.8 Å². The predicted octanol–water partition coefficient (Wildman–Crippen LogP) is 2.13. The van der Waals surface area contributed by atoms with Gasteiger partial charge in [0.2, 0.25) is 0 Å². The molecule has 2 aromatic rings. The molecule has 0 saturated heterocycles. The monoisotopic (exact) mass is 291 g/mol. The van der Waals surface area contributed by atoms with Gasteiger partial charge in [0, 0.05) is 6.20 Å². The number of pyridine rings is 1. The molecule has 6 heteroatoms. The van der Waals surface area contributed by atoms with Gasteiger partial charge in [-0.2, -0.15) is 0 Å². The first-order chi connectivity index (χ1) is 10.0. The van der Waals surface area contributed by atoms with Crippen LogP contribution in [0.25, 0.3) is 0 Å². The summed E-state index contributed by atoms with van der Waals surface area (Å²) in [6.07, 6.45) is 1.46. The van der Waals surface area contributed by atoms with Crippen LogP contribution in [0, 0.1) is 5.82 Å². The second-order valence-electron chi connectivity index (χ2n) is 4.35. The SMILES string of the molecule is CCOc1ccn(Cc2ccc(F)cc2)c(=O)c1C(=O)O. The molecule has 110 valence electrons. The van der Waals surface area contributed by atoms with Gasteiger partial charge in [0.25, 0.3) is 5.56 Å². The molecule has 0 atom stereocenters. The highest BCUT2D eigenvalue weighted by molar-refractivity contribution is 5.90. The maximum Gasteiger partial charge on any atom is 0.345 e. The smallest absolute Gasteiger partial charge is 0.345 e. The zero-order chi connectivity index (χ0) is 15.4. The van der Waals surface area contributed by atoms with Gasteiger partial charge in [-0.05, 0) is 30.7 Å². The Morgan fingerprint density at radius 3 is 2.52 bits per heavy atom. The first-order valence-corrected chi connectivity index (χ1v) is 6.37. The van der Waals surface area contributed by atoms with Crippen molar-refractivity contribution in [2.75, 3.05) is 6.61 Å². The lowest BCUT2D eigenvalue weighted by Gasteiger charge is -2.11. The number of carboxylic acid groups (broad SMARTS) is 1. The summed E-state index contributed by atoms with van der Waals surface area (Å²) in [6, 6.07) is 7.09. The minimum atomic E-state index is -1.34. The van der Waals surface area contributed by atoms with Gasteiger partial charge >= 0.3 is 5.97 Å². The van der Waals surface area contributed by atoms with Gasteiger partial charge in [0.1, 0.15) is 11.6 Å². The van der Waals surface area contributed by atoms with Gasteiger partial charge in [-0.15, -0.1) is 0 Å². The summed E-state index contributed by atoms with van der Waals surface area (Å²) < 4.78 is 19.3. The highest BCUT2D eigenvalue weighted by Crippen LogP contribution is 2.15. The highest BCUT2D eigenvalue weighted by atomic mass is 19.1. The third-order valence-corrected chi connectivity index (χ3v) is 2.91. The van der Waals surface area contributed by atoms with Crippen molar-refractivity contribution in [3.05, 3.63) is 63.8 Å². The first kappa shape index (κ1) is 14.8. The first-order valence-electron chi connectivity index (χ1n) is 6.37. The van der Waals surface area contributed by atoms with E-state index >= 15 is 0 Å². The Balaban J connectivity index is 2.41. The number of aromatic nitrogens is 1. The number of carboxylic acids is 1. The summed E-state index contributed by atoms with van der Waals surface area (Å²) >= 11 is 0. The summed E-state index contributed by atoms with van der Waals surface area (Å²) in [5, 5.41) is 9.16. The van der Waals surface area contributed by atoms with Crippen molar-refractivity contribution < 1.29 is 19.0 Å². The number of nitrogens with zero attached hydrogens (tertiary/aromatic N) is 1. The molecule has 1 heterocycles. The van der Waals surface area contributed by atoms with E-state index in [9.17, 15) is 14.0 Å². The molecule has 1 aromatic heterocycles. The average Bonchev–Trinajstić information content (AvgIpc) is 2.44. The van der Waals surface area contributed by atoms with Gasteiger partial charge in [-0.3, -0.25) is 4.79 Å². The topological polar surface area (TPSA) is 68.5 Å². The van der Waals surface area contributed by atoms with Gasteiger partial charge in [0.15, 0.2) is 5.56 Å². The molecule has 1 N–H and O–H groups in total. The van der Waals surface area contributed by atoms with E-state index in [0.29, 0.717) is 5.56 Å². The van der Waals surface area contributed by atoms with E-state index in [2.05, 4.69) is 0 Å². The summed E-state index contributed by atoms with van der Waals surface area (Å²) in [5.41, 5.74) is -0.363. The Labute approximate surface area is 120 Å². The number of carbonyl (C=O) groups is 1. The molecule has 0 radical (unpaired) electrons. The summed E-state index contributed by atoms with van der Waals surface area (Å²) in [7, 11) is 0. The normalized spacial score (nSPS) is 10.4. The van der Waals surface area contributed by atoms with Crippen molar-refractivity contribution in [2.24, 2.45) is 0 Å². The molecule has 0 fully saturated rings. The number of aromatic carboxylic acids is 1. The van der Waals surface area contributed by atoms with Crippen LogP contribution in [0.15, 0.2) is 41.3 Å². The fraction of sp³-hybridized carbons (Fsp3) is 0.200. The molecular formula is C15H14FNO4. The van der Waals surface area contributed by atoms with Crippen LogP contribution in [-0.2, 0) is 6.54 Å². The minimum Gasteiger partial charge on any atom is -0.493 e. The molecular weight excluding hydrogens is 277 g/mol. The zero-order valence-electron chi connectivity index (χ0n) is 11.4. The molecule has 21 heavy (non-hydrogen) atoms. The summed E-state index contributed by atoms with van der Waals surface area (Å²) in [6.45, 7) is 2.13. The van der Waals surface area contributed by atoms with E-state index in [1.165, 1.54) is 29.0 Å². The third-order valence-electron chi connectivity index (χ3n) is 2.91. The lowest BCUT2D eigenvalue weighted by atomic mass is 10.2. The molecule has 0 aliphatic rings. The van der Waals surface area contributed by atoms with E-state index in [0.717, 1.165) is 0 Å². The van der Waals surface area contributed by atoms with E-state index in [4.69, 9.17) is 9.84 Å². The Morgan fingerprint density at radius 1 is 1.29 bits per heavy atom. The van der Waals surface area contributed by atoms with Crippen LogP contribution in [-0.4, -0.2) is 22.2 Å². The van der Waals surface area contributed by atoms with Crippen LogP contribution in [0.4, 0.5) is 4.39 Å². The van der Waals surface area contributed by atoms with E-state index < -0.39 is 17.1 Å². The van der Waals surface area contributed by atoms with Crippen LogP contribution >= 0.6 is 0 Å². The van der Waals surface area contributed by atoms with E-state index in [1.54, 1.807) is 19.1 Å². The molecule has 0 bridgehead atoms. The Kier molecular flexibility index (Phi) is 4.37. The summed E-state index contributed by atoms with van der Waals surface area (Å²) in [4.78, 5) is 23.4. The van der Waals surface area contributed by atoms with Gasteiger partial charge in [-0.1, -0.05) is 12.1 Å². The Bertz CT molecular complexity index is 707. The largest absolute Gasteiger partial charge is 0.493 e. The molecule has 1 aromatic carbocycles. The fourth-order valence-corrected chi connectivity index (χ4v) is 1.94. The number of hydrogen-bond acceptors (Lipinski definition) is 3. The number of halogens is 1. The number of rotatable bonds is 5. The third kappa shape index (κ3) is 3.28. The molecule has 2 rings (SSSR count). The fourth-order valence-electron chi connectivity index (χ4n) is 1.94. The number of ether oxygens (including phenoxy) is 1. The van der Waals surface area contributed by atoms with Crippen molar-refractivity contribution in [1.82, 2.24) is 4.57 Å². The van der Waals surface area contributed by atoms with E-state index in [-0.39, 0.29) is 24.7 Å². The van der Waals surface area contributed by atoms with Crippen molar-refractivity contribution >= 4 is 5.97 Å². The van der Waals surface area contributed by atoms with Crippen LogP contribution in [0.5, 0.6) is 5.75 Å². The molecule has 0 spiro atoms. The maximum absolute atomic E-state index is 12.8. The quantitative estimate of drug-likeness (QED) is 0.916. The summed E-state index contributed by atoms with van der Waals surface area (Å²) in [5.74, 6) is -1.66. The molecule has 0 aliphatic carbocycles. The number of hydrogen-bond donors (Lipinski definition) is 1. The van der Waals surface area contributed by atoms with Crippen LogP contribution < -0.4 is 10.3 Å². The second kappa shape index (κ2) is 6.21. The van der Waals surface area contributed by atoms with Crippen molar-refractivity contribution in [3.63, 3.8) is 0 Å². The van der Waals surface area contributed by atoms with Crippen molar-refractivity contribution in [1.29, 1.82) is 0 Å². The van der Waals surface area contributed by atoms with Crippen molar-refractivity contribution in [2.45, 2.75) is 13.5 Å².